The summed E-state index contributed by atoms with van der Waals surface area (Å²) in [6.07, 6.45) is 2.14. The van der Waals surface area contributed by atoms with Crippen molar-refractivity contribution in [1.82, 2.24) is 0 Å². The van der Waals surface area contributed by atoms with Crippen LogP contribution in [0.4, 0.5) is 0 Å². The number of ether oxygens (including phenoxy) is 1. The third-order valence-corrected chi connectivity index (χ3v) is 3.14. The summed E-state index contributed by atoms with van der Waals surface area (Å²) in [5, 5.41) is 12.1. The molecule has 0 radical (unpaired) electrons. The first-order valence-electron chi connectivity index (χ1n) is 5.49. The molecule has 1 aromatic rings. The van der Waals surface area contributed by atoms with Crippen molar-refractivity contribution in [3.8, 4) is 11.5 Å². The van der Waals surface area contributed by atoms with Gasteiger partial charge in [0.05, 0.1) is 13.7 Å². The molecule has 2 rings (SSSR count). The SMILES string of the molecule is CC[C@@H]1[NH2+]CCc2cc(O)c(OC)cc21. The molecule has 1 heterocycles. The Morgan fingerprint density at radius 1 is 1.53 bits per heavy atom. The summed E-state index contributed by atoms with van der Waals surface area (Å²) >= 11 is 0. The van der Waals surface area contributed by atoms with Crippen molar-refractivity contribution in [2.75, 3.05) is 13.7 Å². The van der Waals surface area contributed by atoms with Crippen LogP contribution in [0, 0.1) is 0 Å². The molecule has 0 unspecified atom stereocenters. The summed E-state index contributed by atoms with van der Waals surface area (Å²) in [5.74, 6) is 0.843. The lowest BCUT2D eigenvalue weighted by Crippen LogP contribution is -2.87. The Balaban J connectivity index is 2.46. The first-order valence-corrected chi connectivity index (χ1v) is 5.49. The summed E-state index contributed by atoms with van der Waals surface area (Å²) in [6, 6.07) is 4.35. The molecular formula is C12H18NO2+. The molecule has 82 valence electrons. The zero-order valence-electron chi connectivity index (χ0n) is 9.29. The van der Waals surface area contributed by atoms with Crippen LogP contribution in [0.1, 0.15) is 30.5 Å². The van der Waals surface area contributed by atoms with Crippen molar-refractivity contribution in [3.05, 3.63) is 23.3 Å². The molecule has 0 aliphatic carbocycles. The van der Waals surface area contributed by atoms with E-state index in [0.29, 0.717) is 11.8 Å². The van der Waals surface area contributed by atoms with Crippen LogP contribution in [0.3, 0.4) is 0 Å². The number of fused-ring (bicyclic) bond motifs is 1. The Morgan fingerprint density at radius 3 is 3.00 bits per heavy atom. The smallest absolute Gasteiger partial charge is 0.161 e. The van der Waals surface area contributed by atoms with Crippen LogP contribution in [0.2, 0.25) is 0 Å². The summed E-state index contributed by atoms with van der Waals surface area (Å²) in [7, 11) is 1.59. The zero-order valence-corrected chi connectivity index (χ0v) is 9.29. The predicted octanol–water partition coefficient (Wildman–Crippen LogP) is 0.971. The standard InChI is InChI=1S/C12H17NO2/c1-3-10-9-7-12(15-2)11(14)6-8(9)4-5-13-10/h6-7,10,13-14H,3-5H2,1-2H3/p+1/t10-/m0/s1. The van der Waals surface area contributed by atoms with E-state index in [1.54, 1.807) is 7.11 Å². The minimum Gasteiger partial charge on any atom is -0.504 e. The molecular weight excluding hydrogens is 190 g/mol. The first-order chi connectivity index (χ1) is 7.26. The summed E-state index contributed by atoms with van der Waals surface area (Å²) in [6.45, 7) is 3.30. The molecule has 1 aliphatic heterocycles. The van der Waals surface area contributed by atoms with E-state index in [4.69, 9.17) is 4.74 Å². The number of aromatic hydroxyl groups is 1. The van der Waals surface area contributed by atoms with Gasteiger partial charge in [0.1, 0.15) is 6.04 Å². The zero-order chi connectivity index (χ0) is 10.8. The largest absolute Gasteiger partial charge is 0.504 e. The van der Waals surface area contributed by atoms with E-state index in [0.717, 1.165) is 19.4 Å². The Kier molecular flexibility index (Phi) is 2.82. The highest BCUT2D eigenvalue weighted by molar-refractivity contribution is 5.47. The Bertz CT molecular complexity index is 363. The van der Waals surface area contributed by atoms with Crippen molar-refractivity contribution < 1.29 is 15.2 Å². The van der Waals surface area contributed by atoms with Crippen LogP contribution in [0.25, 0.3) is 0 Å². The fourth-order valence-corrected chi connectivity index (χ4v) is 2.31. The molecule has 0 amide bonds. The first kappa shape index (κ1) is 10.3. The van der Waals surface area contributed by atoms with E-state index < -0.39 is 0 Å². The van der Waals surface area contributed by atoms with E-state index in [1.165, 1.54) is 11.1 Å². The molecule has 1 aliphatic rings. The highest BCUT2D eigenvalue weighted by atomic mass is 16.5. The van der Waals surface area contributed by atoms with E-state index >= 15 is 0 Å². The van der Waals surface area contributed by atoms with Gasteiger partial charge in [0.25, 0.3) is 0 Å². The highest BCUT2D eigenvalue weighted by Gasteiger charge is 2.23. The van der Waals surface area contributed by atoms with Crippen molar-refractivity contribution in [3.63, 3.8) is 0 Å². The van der Waals surface area contributed by atoms with Gasteiger partial charge in [0.15, 0.2) is 11.5 Å². The third kappa shape index (κ3) is 1.79. The second-order valence-corrected chi connectivity index (χ2v) is 4.01. The maximum Gasteiger partial charge on any atom is 0.161 e. The molecule has 0 bridgehead atoms. The van der Waals surface area contributed by atoms with Crippen LogP contribution in [-0.2, 0) is 6.42 Å². The number of hydrogen-bond donors (Lipinski definition) is 2. The average molecular weight is 208 g/mol. The van der Waals surface area contributed by atoms with E-state index in [9.17, 15) is 5.11 Å². The molecule has 0 aromatic heterocycles. The summed E-state index contributed by atoms with van der Waals surface area (Å²) in [5.41, 5.74) is 2.58. The van der Waals surface area contributed by atoms with E-state index in [1.807, 2.05) is 12.1 Å². The van der Waals surface area contributed by atoms with Gasteiger partial charge in [0.2, 0.25) is 0 Å². The molecule has 3 heteroatoms. The second kappa shape index (κ2) is 4.11. The van der Waals surface area contributed by atoms with Gasteiger partial charge in [-0.3, -0.25) is 0 Å². The summed E-state index contributed by atoms with van der Waals surface area (Å²) in [4.78, 5) is 0. The fraction of sp³-hybridized carbons (Fsp3) is 0.500. The topological polar surface area (TPSA) is 46.1 Å². The van der Waals surface area contributed by atoms with Crippen molar-refractivity contribution >= 4 is 0 Å². The van der Waals surface area contributed by atoms with Gasteiger partial charge in [0, 0.05) is 18.4 Å². The molecule has 0 saturated carbocycles. The number of quaternary nitrogens is 1. The molecule has 3 N–H and O–H groups in total. The van der Waals surface area contributed by atoms with Crippen molar-refractivity contribution in [2.24, 2.45) is 0 Å². The highest BCUT2D eigenvalue weighted by Crippen LogP contribution is 2.33. The normalized spacial score (nSPS) is 19.7. The van der Waals surface area contributed by atoms with Gasteiger partial charge < -0.3 is 15.2 Å². The third-order valence-electron chi connectivity index (χ3n) is 3.14. The van der Waals surface area contributed by atoms with Gasteiger partial charge in [-0.1, -0.05) is 6.92 Å². The van der Waals surface area contributed by atoms with Crippen LogP contribution in [-0.4, -0.2) is 18.8 Å². The molecule has 3 nitrogen and oxygen atoms in total. The van der Waals surface area contributed by atoms with E-state index in [-0.39, 0.29) is 5.75 Å². The lowest BCUT2D eigenvalue weighted by atomic mass is 9.92. The Morgan fingerprint density at radius 2 is 2.33 bits per heavy atom. The Labute approximate surface area is 90.1 Å². The molecule has 15 heavy (non-hydrogen) atoms. The molecule has 1 aromatic carbocycles. The number of benzene rings is 1. The van der Waals surface area contributed by atoms with Gasteiger partial charge >= 0.3 is 0 Å². The number of hydrogen-bond acceptors (Lipinski definition) is 2. The lowest BCUT2D eigenvalue weighted by Gasteiger charge is -2.23. The van der Waals surface area contributed by atoms with Crippen molar-refractivity contribution in [2.45, 2.75) is 25.8 Å². The molecule has 0 spiro atoms. The number of nitrogens with two attached hydrogens (primary N) is 1. The number of phenols is 1. The second-order valence-electron chi connectivity index (χ2n) is 4.01. The predicted molar refractivity (Wildman–Crippen MR) is 58.2 cm³/mol. The number of methoxy groups -OCH3 is 1. The molecule has 0 saturated heterocycles. The average Bonchev–Trinajstić information content (AvgIpc) is 2.27. The Hall–Kier alpha value is -1.22. The minimum atomic E-state index is 0.257. The fourth-order valence-electron chi connectivity index (χ4n) is 2.31. The maximum atomic E-state index is 9.69. The van der Waals surface area contributed by atoms with Crippen LogP contribution < -0.4 is 10.1 Å². The maximum absolute atomic E-state index is 9.69. The van der Waals surface area contributed by atoms with Crippen molar-refractivity contribution in [1.29, 1.82) is 0 Å². The number of phenolic OH excluding ortho intramolecular Hbond substituents is 1. The number of rotatable bonds is 2. The molecule has 1 atom stereocenters. The van der Waals surface area contributed by atoms with Crippen LogP contribution >= 0.6 is 0 Å². The van der Waals surface area contributed by atoms with Gasteiger partial charge in [-0.2, -0.15) is 0 Å². The van der Waals surface area contributed by atoms with Gasteiger partial charge in [-0.25, -0.2) is 0 Å². The van der Waals surface area contributed by atoms with Crippen LogP contribution in [0.15, 0.2) is 12.1 Å². The lowest BCUT2D eigenvalue weighted by molar-refractivity contribution is -0.699. The van der Waals surface area contributed by atoms with E-state index in [2.05, 4.69) is 12.2 Å². The van der Waals surface area contributed by atoms with Gasteiger partial charge in [-0.05, 0) is 17.7 Å². The molecule has 0 fully saturated rings. The van der Waals surface area contributed by atoms with Crippen LogP contribution in [0.5, 0.6) is 11.5 Å². The minimum absolute atomic E-state index is 0.257. The van der Waals surface area contributed by atoms with Gasteiger partial charge in [-0.15, -0.1) is 0 Å². The quantitative estimate of drug-likeness (QED) is 0.760. The monoisotopic (exact) mass is 208 g/mol. The summed E-state index contributed by atoms with van der Waals surface area (Å²) < 4.78 is 5.14.